The molecule has 1 heterocycles. The van der Waals surface area contributed by atoms with Gasteiger partial charge in [0.1, 0.15) is 0 Å². The van der Waals surface area contributed by atoms with E-state index in [0.29, 0.717) is 16.0 Å². The van der Waals surface area contributed by atoms with Crippen molar-refractivity contribution in [3.8, 4) is 0 Å². The van der Waals surface area contributed by atoms with Crippen LogP contribution in [0.15, 0.2) is 11.2 Å². The van der Waals surface area contributed by atoms with E-state index in [1.54, 1.807) is 19.9 Å². The third kappa shape index (κ3) is 3.73. The molecule has 0 aliphatic heterocycles. The van der Waals surface area contributed by atoms with Crippen LogP contribution in [0.5, 0.6) is 0 Å². The fourth-order valence-electron chi connectivity index (χ4n) is 0.866. The number of hydrogen-bond donors (Lipinski definition) is 0. The second-order valence-electron chi connectivity index (χ2n) is 2.72. The molecule has 13 heavy (non-hydrogen) atoms. The van der Waals surface area contributed by atoms with E-state index in [4.69, 9.17) is 0 Å². The fourth-order valence-corrected chi connectivity index (χ4v) is 2.54. The zero-order chi connectivity index (χ0) is 10.1. The van der Waals surface area contributed by atoms with E-state index < -0.39 is 8.87 Å². The van der Waals surface area contributed by atoms with Gasteiger partial charge in [0.25, 0.3) is 0 Å². The van der Waals surface area contributed by atoms with Gasteiger partial charge in [-0.25, -0.2) is 18.4 Å². The lowest BCUT2D eigenvalue weighted by Gasteiger charge is -1.99. The Kier molecular flexibility index (Phi) is 2.92. The van der Waals surface area contributed by atoms with Crippen molar-refractivity contribution in [2.45, 2.75) is 19.0 Å². The second-order valence-corrected chi connectivity index (χ2v) is 6.98. The molecular weight excluding hydrogens is 208 g/mol. The first-order valence-electron chi connectivity index (χ1n) is 3.58. The van der Waals surface area contributed by atoms with Gasteiger partial charge in [0.2, 0.25) is 14.0 Å². The molecule has 0 radical (unpaired) electrons. The Morgan fingerprint density at radius 1 is 1.23 bits per heavy atom. The van der Waals surface area contributed by atoms with Crippen LogP contribution in [0.2, 0.25) is 0 Å². The smallest absolute Gasteiger partial charge is 0.206 e. The molecule has 1 rings (SSSR count). The number of nitrogens with zero attached hydrogens (tertiary/aromatic N) is 2. The number of aryl methyl sites for hydroxylation is 2. The standard InChI is InChI=1S/C7H10N2O2S2/c1-5-4-6(2)9-7(8-5)12-13(3,10)11/h4H,1-3H3. The molecule has 0 amide bonds. The van der Waals surface area contributed by atoms with Crippen LogP contribution in [-0.2, 0) is 8.87 Å². The Morgan fingerprint density at radius 3 is 2.08 bits per heavy atom. The molecule has 0 saturated carbocycles. The lowest BCUT2D eigenvalue weighted by molar-refractivity contribution is 0.615. The molecule has 0 atom stereocenters. The average Bonchev–Trinajstić information content (AvgIpc) is 1.78. The minimum atomic E-state index is -3.12. The topological polar surface area (TPSA) is 59.9 Å². The van der Waals surface area contributed by atoms with Gasteiger partial charge in [-0.15, -0.1) is 0 Å². The maximum Gasteiger partial charge on any atom is 0.206 e. The van der Waals surface area contributed by atoms with Crippen LogP contribution in [0.25, 0.3) is 0 Å². The van der Waals surface area contributed by atoms with Crippen LogP contribution in [0.4, 0.5) is 0 Å². The highest BCUT2D eigenvalue weighted by Gasteiger charge is 2.08. The number of rotatable bonds is 2. The molecule has 0 unspecified atom stereocenters. The van der Waals surface area contributed by atoms with Crippen LogP contribution in [0.1, 0.15) is 11.4 Å². The van der Waals surface area contributed by atoms with Crippen molar-refractivity contribution >= 4 is 19.7 Å². The molecule has 0 aliphatic carbocycles. The van der Waals surface area contributed by atoms with Crippen molar-refractivity contribution in [1.82, 2.24) is 9.97 Å². The van der Waals surface area contributed by atoms with Crippen molar-refractivity contribution in [1.29, 1.82) is 0 Å². The minimum absolute atomic E-state index is 0.292. The average molecular weight is 218 g/mol. The maximum atomic E-state index is 10.9. The predicted octanol–water partition coefficient (Wildman–Crippen LogP) is 1.15. The van der Waals surface area contributed by atoms with Crippen LogP contribution >= 0.6 is 10.8 Å². The summed E-state index contributed by atoms with van der Waals surface area (Å²) in [6.07, 6.45) is 1.14. The van der Waals surface area contributed by atoms with E-state index in [-0.39, 0.29) is 0 Å². The second kappa shape index (κ2) is 3.63. The van der Waals surface area contributed by atoms with Crippen molar-refractivity contribution in [3.05, 3.63) is 17.5 Å². The Bertz CT molecular complexity index is 394. The molecule has 0 N–H and O–H groups in total. The van der Waals surface area contributed by atoms with Crippen molar-refractivity contribution in [2.24, 2.45) is 0 Å². The largest absolute Gasteiger partial charge is 0.227 e. The molecule has 4 nitrogen and oxygen atoms in total. The van der Waals surface area contributed by atoms with Crippen molar-refractivity contribution in [2.75, 3.05) is 6.26 Å². The van der Waals surface area contributed by atoms with Crippen molar-refractivity contribution in [3.63, 3.8) is 0 Å². The molecule has 1 aromatic rings. The Balaban J connectivity index is 3.03. The summed E-state index contributed by atoms with van der Waals surface area (Å²) in [5.74, 6) is 0. The summed E-state index contributed by atoms with van der Waals surface area (Å²) in [7, 11) is -2.44. The molecule has 0 saturated heterocycles. The van der Waals surface area contributed by atoms with Gasteiger partial charge in [-0.3, -0.25) is 0 Å². The highest BCUT2D eigenvalue weighted by molar-refractivity contribution is 8.71. The van der Waals surface area contributed by atoms with Gasteiger partial charge in [-0.2, -0.15) is 0 Å². The Morgan fingerprint density at radius 2 is 1.69 bits per heavy atom. The number of aromatic nitrogens is 2. The zero-order valence-electron chi connectivity index (χ0n) is 7.60. The quantitative estimate of drug-likeness (QED) is 0.550. The first-order chi connectivity index (χ1) is 5.87. The molecule has 0 fully saturated rings. The van der Waals surface area contributed by atoms with Gasteiger partial charge in [0, 0.05) is 28.4 Å². The number of hydrogen-bond acceptors (Lipinski definition) is 5. The molecule has 0 bridgehead atoms. The van der Waals surface area contributed by atoms with Gasteiger partial charge < -0.3 is 0 Å². The van der Waals surface area contributed by atoms with E-state index in [0.717, 1.165) is 17.6 Å². The van der Waals surface area contributed by atoms with E-state index >= 15 is 0 Å². The van der Waals surface area contributed by atoms with E-state index in [1.165, 1.54) is 0 Å². The van der Waals surface area contributed by atoms with Gasteiger partial charge in [-0.05, 0) is 19.9 Å². The van der Waals surface area contributed by atoms with Crippen molar-refractivity contribution < 1.29 is 8.42 Å². The lowest BCUT2D eigenvalue weighted by atomic mass is 10.4. The van der Waals surface area contributed by atoms with E-state index in [1.807, 2.05) is 0 Å². The lowest BCUT2D eigenvalue weighted by Crippen LogP contribution is -1.96. The van der Waals surface area contributed by atoms with Gasteiger partial charge >= 0.3 is 0 Å². The maximum absolute atomic E-state index is 10.9. The van der Waals surface area contributed by atoms with E-state index in [9.17, 15) is 8.42 Å². The molecular formula is C7H10N2O2S2. The minimum Gasteiger partial charge on any atom is -0.227 e. The fraction of sp³-hybridized carbons (Fsp3) is 0.429. The first kappa shape index (κ1) is 10.5. The summed E-state index contributed by atoms with van der Waals surface area (Å²) in [5, 5.41) is 0.292. The van der Waals surface area contributed by atoms with Crippen LogP contribution in [0, 0.1) is 13.8 Å². The summed E-state index contributed by atoms with van der Waals surface area (Å²) in [6.45, 7) is 3.61. The molecule has 0 spiro atoms. The summed E-state index contributed by atoms with van der Waals surface area (Å²) < 4.78 is 21.8. The normalized spacial score (nSPS) is 11.6. The van der Waals surface area contributed by atoms with Gasteiger partial charge in [0.15, 0.2) is 0 Å². The van der Waals surface area contributed by atoms with E-state index in [2.05, 4.69) is 9.97 Å². The third-order valence-electron chi connectivity index (χ3n) is 1.19. The summed E-state index contributed by atoms with van der Waals surface area (Å²) in [6, 6.07) is 1.80. The Labute approximate surface area is 81.1 Å². The monoisotopic (exact) mass is 218 g/mol. The zero-order valence-corrected chi connectivity index (χ0v) is 9.24. The van der Waals surface area contributed by atoms with Gasteiger partial charge in [0.05, 0.1) is 0 Å². The SMILES string of the molecule is Cc1cc(C)nc(SS(C)(=O)=O)n1. The van der Waals surface area contributed by atoms with Crippen LogP contribution < -0.4 is 0 Å². The molecule has 0 aromatic carbocycles. The highest BCUT2D eigenvalue weighted by atomic mass is 33.1. The summed E-state index contributed by atoms with van der Waals surface area (Å²) in [5.41, 5.74) is 1.55. The highest BCUT2D eigenvalue weighted by Crippen LogP contribution is 2.19. The molecule has 6 heteroatoms. The van der Waals surface area contributed by atoms with Gasteiger partial charge in [-0.1, -0.05) is 0 Å². The summed E-state index contributed by atoms with van der Waals surface area (Å²) in [4.78, 5) is 7.98. The summed E-state index contributed by atoms with van der Waals surface area (Å²) >= 11 is 0. The molecule has 72 valence electrons. The van der Waals surface area contributed by atoms with Crippen LogP contribution in [-0.4, -0.2) is 24.6 Å². The third-order valence-corrected chi connectivity index (χ3v) is 3.18. The molecule has 1 aromatic heterocycles. The first-order valence-corrected chi connectivity index (χ1v) is 6.81. The molecule has 0 aliphatic rings. The predicted molar refractivity (Wildman–Crippen MR) is 52.2 cm³/mol. The van der Waals surface area contributed by atoms with Crippen LogP contribution in [0.3, 0.4) is 0 Å². The Hall–Kier alpha value is -0.620.